The molecule has 0 aromatic heterocycles. The van der Waals surface area contributed by atoms with Crippen LogP contribution in [0.4, 0.5) is 0 Å². The van der Waals surface area contributed by atoms with Crippen molar-refractivity contribution in [3.05, 3.63) is 0 Å². The minimum atomic E-state index is 0.586. The molecule has 4 heterocycles. The molecule has 4 atom stereocenters. The summed E-state index contributed by atoms with van der Waals surface area (Å²) in [6, 6.07) is 0. The number of hydrogen-bond donors (Lipinski definition) is 0. The van der Waals surface area contributed by atoms with Crippen LogP contribution in [0.1, 0.15) is 6.42 Å². The smallest absolute Gasteiger partial charge is 0.0229 e. The lowest BCUT2D eigenvalue weighted by molar-refractivity contribution is 0.432. The molecule has 4 aliphatic rings. The minimum absolute atomic E-state index is 0.586. The molecule has 4 unspecified atom stereocenters. The van der Waals surface area contributed by atoms with Crippen LogP contribution in [0.3, 0.4) is 0 Å². The summed E-state index contributed by atoms with van der Waals surface area (Å²) in [7, 11) is 0. The highest BCUT2D eigenvalue weighted by molar-refractivity contribution is 8.10. The molecule has 150 valence electrons. The lowest BCUT2D eigenvalue weighted by Gasteiger charge is -2.33. The normalized spacial score (nSPS) is 33.7. The second-order valence-electron chi connectivity index (χ2n) is 7.69. The molecule has 0 amide bonds. The summed E-state index contributed by atoms with van der Waals surface area (Å²) in [4.78, 5) is 0. The van der Waals surface area contributed by atoms with Crippen LogP contribution in [0.25, 0.3) is 0 Å². The van der Waals surface area contributed by atoms with E-state index in [1.165, 1.54) is 75.5 Å². The Labute approximate surface area is 194 Å². The first-order chi connectivity index (χ1) is 12.8. The highest BCUT2D eigenvalue weighted by atomic mass is 32.2. The zero-order chi connectivity index (χ0) is 17.7. The SMILES string of the molecule is C(CC(CSCC1CS1)(CSCC1CS1)CSCC1CS1)SCC1CS1. The van der Waals surface area contributed by atoms with Crippen LogP contribution < -0.4 is 0 Å². The molecule has 0 aromatic rings. The maximum absolute atomic E-state index is 2.29. The molecule has 26 heavy (non-hydrogen) atoms. The van der Waals surface area contributed by atoms with Crippen LogP contribution in [0.2, 0.25) is 0 Å². The number of rotatable bonds is 17. The molecular formula is C18H30S8. The Bertz CT molecular complexity index is 372. The second kappa shape index (κ2) is 11.4. The van der Waals surface area contributed by atoms with E-state index in [0.29, 0.717) is 5.41 Å². The molecule has 0 saturated carbocycles. The molecule has 8 heteroatoms. The van der Waals surface area contributed by atoms with E-state index in [2.05, 4.69) is 94.1 Å². The van der Waals surface area contributed by atoms with Gasteiger partial charge >= 0.3 is 0 Å². The van der Waals surface area contributed by atoms with E-state index in [1.54, 1.807) is 0 Å². The van der Waals surface area contributed by atoms with Gasteiger partial charge in [-0.05, 0) is 17.6 Å². The molecule has 0 nitrogen and oxygen atoms in total. The lowest BCUT2D eigenvalue weighted by Crippen LogP contribution is -2.32. The molecule has 0 aliphatic carbocycles. The highest BCUT2D eigenvalue weighted by Gasteiger charge is 2.34. The largest absolute Gasteiger partial charge is 0.161 e. The molecule has 4 saturated heterocycles. The first-order valence-electron chi connectivity index (χ1n) is 9.59. The van der Waals surface area contributed by atoms with Crippen LogP contribution >= 0.6 is 94.1 Å². The van der Waals surface area contributed by atoms with Crippen LogP contribution in [0.15, 0.2) is 0 Å². The number of hydrogen-bond acceptors (Lipinski definition) is 8. The molecule has 0 radical (unpaired) electrons. The minimum Gasteiger partial charge on any atom is -0.161 e. The third kappa shape index (κ3) is 9.30. The maximum atomic E-state index is 2.29. The van der Waals surface area contributed by atoms with Crippen molar-refractivity contribution in [2.24, 2.45) is 5.41 Å². The fourth-order valence-electron chi connectivity index (χ4n) is 2.72. The van der Waals surface area contributed by atoms with Gasteiger partial charge in [0.2, 0.25) is 0 Å². The topological polar surface area (TPSA) is 0 Å². The quantitative estimate of drug-likeness (QED) is 0.180. The molecule has 0 bridgehead atoms. The van der Waals surface area contributed by atoms with E-state index >= 15 is 0 Å². The average Bonchev–Trinajstić information content (AvgIpc) is 3.45. The van der Waals surface area contributed by atoms with Gasteiger partial charge in [0.05, 0.1) is 0 Å². The van der Waals surface area contributed by atoms with Crippen molar-refractivity contribution >= 4 is 94.1 Å². The van der Waals surface area contributed by atoms with E-state index < -0.39 is 0 Å². The van der Waals surface area contributed by atoms with Gasteiger partial charge in [0.25, 0.3) is 0 Å². The van der Waals surface area contributed by atoms with Crippen LogP contribution in [-0.4, -0.2) is 90.0 Å². The predicted molar refractivity (Wildman–Crippen MR) is 141 cm³/mol. The van der Waals surface area contributed by atoms with Gasteiger partial charge in [0, 0.05) is 84.3 Å². The Hall–Kier alpha value is 2.80. The van der Waals surface area contributed by atoms with Gasteiger partial charge in [-0.15, -0.1) is 0 Å². The molecule has 0 spiro atoms. The Kier molecular flexibility index (Phi) is 9.67. The zero-order valence-electron chi connectivity index (χ0n) is 15.3. The molecule has 0 aromatic carbocycles. The van der Waals surface area contributed by atoms with E-state index in [1.807, 2.05) is 0 Å². The van der Waals surface area contributed by atoms with Crippen molar-refractivity contribution in [1.82, 2.24) is 0 Å². The summed E-state index contributed by atoms with van der Waals surface area (Å²) in [5.74, 6) is 17.0. The Morgan fingerprint density at radius 2 is 0.923 bits per heavy atom. The van der Waals surface area contributed by atoms with Crippen molar-refractivity contribution in [3.8, 4) is 0 Å². The highest BCUT2D eigenvalue weighted by Crippen LogP contribution is 2.43. The van der Waals surface area contributed by atoms with Gasteiger partial charge < -0.3 is 0 Å². The van der Waals surface area contributed by atoms with Gasteiger partial charge in [-0.3, -0.25) is 0 Å². The zero-order valence-corrected chi connectivity index (χ0v) is 21.8. The lowest BCUT2D eigenvalue weighted by atomic mass is 9.92. The summed E-state index contributed by atoms with van der Waals surface area (Å²) in [5.41, 5.74) is 0.586. The van der Waals surface area contributed by atoms with Gasteiger partial charge in [0.1, 0.15) is 0 Å². The predicted octanol–water partition coefficient (Wildman–Crippen LogP) is 5.76. The summed E-state index contributed by atoms with van der Waals surface area (Å²) >= 11 is 17.8. The molecule has 4 rings (SSSR count). The van der Waals surface area contributed by atoms with Crippen molar-refractivity contribution in [3.63, 3.8) is 0 Å². The monoisotopic (exact) mass is 502 g/mol. The average molecular weight is 503 g/mol. The first-order valence-corrected chi connectivity index (χ1v) is 18.4. The van der Waals surface area contributed by atoms with Crippen molar-refractivity contribution in [1.29, 1.82) is 0 Å². The molecule has 4 aliphatic heterocycles. The second-order valence-corrected chi connectivity index (χ2v) is 17.3. The standard InChI is InChI=1S/C18H30S8/c1(2-19-3-14-7-23-14)18(11-20-4-15-8-24-15,12-21-5-16-9-25-16)13-22-6-17-10-26-17/h14-17H,1-13H2. The van der Waals surface area contributed by atoms with Crippen LogP contribution in [0, 0.1) is 5.41 Å². The fourth-order valence-corrected chi connectivity index (χ4v) is 12.4. The van der Waals surface area contributed by atoms with E-state index in [9.17, 15) is 0 Å². The Morgan fingerprint density at radius 1 is 0.577 bits per heavy atom. The summed E-state index contributed by atoms with van der Waals surface area (Å²) in [6.07, 6.45) is 1.45. The first kappa shape index (κ1) is 22.0. The van der Waals surface area contributed by atoms with Gasteiger partial charge in [-0.2, -0.15) is 94.1 Å². The molecular weight excluding hydrogens is 473 g/mol. The third-order valence-electron chi connectivity index (χ3n) is 4.83. The van der Waals surface area contributed by atoms with Crippen LogP contribution in [-0.2, 0) is 0 Å². The summed E-state index contributed by atoms with van der Waals surface area (Å²) in [5, 5.41) is 3.97. The van der Waals surface area contributed by atoms with Gasteiger partial charge in [-0.25, -0.2) is 0 Å². The Morgan fingerprint density at radius 3 is 1.27 bits per heavy atom. The molecule has 0 N–H and O–H groups in total. The van der Waals surface area contributed by atoms with E-state index in [4.69, 9.17) is 0 Å². The summed E-state index contributed by atoms with van der Waals surface area (Å²) < 4.78 is 0. The molecule has 4 fully saturated rings. The summed E-state index contributed by atoms with van der Waals surface area (Å²) in [6.45, 7) is 0. The fraction of sp³-hybridized carbons (Fsp3) is 1.00. The number of thioether (sulfide) groups is 8. The van der Waals surface area contributed by atoms with Crippen molar-refractivity contribution in [2.75, 3.05) is 69.0 Å². The van der Waals surface area contributed by atoms with Crippen LogP contribution in [0.5, 0.6) is 0 Å². The van der Waals surface area contributed by atoms with E-state index in [-0.39, 0.29) is 0 Å². The Balaban J connectivity index is 1.25. The maximum Gasteiger partial charge on any atom is 0.0229 e. The van der Waals surface area contributed by atoms with Gasteiger partial charge in [0.15, 0.2) is 0 Å². The van der Waals surface area contributed by atoms with Crippen molar-refractivity contribution < 1.29 is 0 Å². The third-order valence-corrected chi connectivity index (χ3v) is 15.1. The van der Waals surface area contributed by atoms with Gasteiger partial charge in [-0.1, -0.05) is 0 Å². The van der Waals surface area contributed by atoms with Crippen molar-refractivity contribution in [2.45, 2.75) is 27.4 Å². The van der Waals surface area contributed by atoms with E-state index in [0.717, 1.165) is 21.0 Å².